The molecule has 0 aromatic heterocycles. The van der Waals surface area contributed by atoms with Gasteiger partial charge in [0.05, 0.1) is 22.1 Å². The van der Waals surface area contributed by atoms with Crippen molar-refractivity contribution in [2.45, 2.75) is 38.5 Å². The highest BCUT2D eigenvalue weighted by molar-refractivity contribution is 7.92. The molecule has 0 bridgehead atoms. The molecule has 1 aromatic rings. The summed E-state index contributed by atoms with van der Waals surface area (Å²) in [4.78, 5) is 11.8. The number of nitrogens with zero attached hydrogens (tertiary/aromatic N) is 1. The summed E-state index contributed by atoms with van der Waals surface area (Å²) < 4.78 is 26.7. The number of carbonyl (C=O) groups is 1. The number of anilines is 1. The van der Waals surface area contributed by atoms with Crippen LogP contribution in [-0.2, 0) is 20.2 Å². The molecule has 1 amide bonds. The molecule has 8 nitrogen and oxygen atoms in total. The predicted octanol–water partition coefficient (Wildman–Crippen LogP) is 2.89. The van der Waals surface area contributed by atoms with Crippen LogP contribution in [0.15, 0.2) is 22.6 Å². The van der Waals surface area contributed by atoms with Crippen LogP contribution in [0, 0.1) is 5.21 Å². The fourth-order valence-electron chi connectivity index (χ4n) is 1.92. The fourth-order valence-corrected chi connectivity index (χ4v) is 3.12. The lowest BCUT2D eigenvalue weighted by molar-refractivity contribution is 0.0607. The van der Waals surface area contributed by atoms with Crippen LogP contribution < -0.4 is 10.2 Å². The summed E-state index contributed by atoms with van der Waals surface area (Å²) in [6.07, 6.45) is 0.904. The summed E-state index contributed by atoms with van der Waals surface area (Å²) in [5.74, 6) is 0.356. The van der Waals surface area contributed by atoms with E-state index in [1.807, 2.05) is 0 Å². The van der Waals surface area contributed by atoms with Crippen LogP contribution >= 0.6 is 0 Å². The maximum atomic E-state index is 12.6. The third-order valence-electron chi connectivity index (χ3n) is 2.75. The third kappa shape index (κ3) is 8.71. The van der Waals surface area contributed by atoms with E-state index in [2.05, 4.69) is 4.36 Å². The van der Waals surface area contributed by atoms with Gasteiger partial charge in [-0.2, -0.15) is 0 Å². The SMILES string of the molecule is CC(C)(C)OC(=O)N=S(C)(=O)Cc1cc(N[O-])cc(OCCCO)c1. The molecule has 1 atom stereocenters. The molecule has 0 fully saturated rings. The smallest absolute Gasteiger partial charge is 0.442 e. The first kappa shape index (κ1) is 21.2. The Kier molecular flexibility index (Phi) is 7.65. The summed E-state index contributed by atoms with van der Waals surface area (Å²) >= 11 is 0. The van der Waals surface area contributed by atoms with E-state index in [0.29, 0.717) is 17.7 Å². The van der Waals surface area contributed by atoms with Gasteiger partial charge in [-0.15, -0.1) is 4.36 Å². The largest absolute Gasteiger partial charge is 0.761 e. The van der Waals surface area contributed by atoms with Crippen molar-refractivity contribution in [1.82, 2.24) is 0 Å². The zero-order valence-corrected chi connectivity index (χ0v) is 15.7. The van der Waals surface area contributed by atoms with Gasteiger partial charge in [-0.05, 0) is 38.5 Å². The standard InChI is InChI=1S/C16H25N2O6S/c1-16(2,3)24-15(20)18-25(4,22)11-12-8-13(17-21)10-14(9-12)23-7-5-6-19/h8-10,17,19H,5-7,11H2,1-4H3/q-1. The van der Waals surface area contributed by atoms with Crippen molar-refractivity contribution in [2.75, 3.05) is 24.9 Å². The number of ether oxygens (including phenoxy) is 2. The minimum Gasteiger partial charge on any atom is -0.761 e. The number of rotatable bonds is 7. The molecular formula is C16H25N2O6S-. The number of carbonyl (C=O) groups excluding carboxylic acids is 1. The van der Waals surface area contributed by atoms with Gasteiger partial charge in [-0.3, -0.25) is 0 Å². The number of nitrogens with one attached hydrogen (secondary N) is 1. The van der Waals surface area contributed by atoms with Gasteiger partial charge in [0, 0.05) is 31.0 Å². The van der Waals surface area contributed by atoms with Gasteiger partial charge in [0.25, 0.3) is 0 Å². The second kappa shape index (κ2) is 9.02. The van der Waals surface area contributed by atoms with E-state index in [9.17, 15) is 14.2 Å². The van der Waals surface area contributed by atoms with E-state index in [-0.39, 0.29) is 24.7 Å². The molecule has 0 aliphatic carbocycles. The minimum atomic E-state index is -2.90. The van der Waals surface area contributed by atoms with Gasteiger partial charge >= 0.3 is 6.09 Å². The van der Waals surface area contributed by atoms with Crippen molar-refractivity contribution in [1.29, 1.82) is 0 Å². The highest BCUT2D eigenvalue weighted by Crippen LogP contribution is 2.23. The van der Waals surface area contributed by atoms with E-state index in [1.54, 1.807) is 32.3 Å². The first-order valence-corrected chi connectivity index (χ1v) is 9.82. The molecule has 2 N–H and O–H groups in total. The van der Waals surface area contributed by atoms with Crippen LogP contribution in [-0.4, -0.2) is 40.5 Å². The Labute approximate surface area is 148 Å². The average molecular weight is 373 g/mol. The molecule has 1 unspecified atom stereocenters. The molecule has 0 aliphatic rings. The Hall–Kier alpha value is -1.84. The number of benzene rings is 1. The molecule has 1 rings (SSSR count). The van der Waals surface area contributed by atoms with E-state index < -0.39 is 21.4 Å². The Morgan fingerprint density at radius 2 is 2.04 bits per heavy atom. The fraction of sp³-hybridized carbons (Fsp3) is 0.562. The van der Waals surface area contributed by atoms with Crippen LogP contribution in [0.5, 0.6) is 5.75 Å². The van der Waals surface area contributed by atoms with Crippen LogP contribution in [0.4, 0.5) is 10.5 Å². The first-order valence-electron chi connectivity index (χ1n) is 7.73. The summed E-state index contributed by atoms with van der Waals surface area (Å²) in [6.45, 7) is 5.35. The topological polar surface area (TPSA) is 120 Å². The normalized spacial score (nSPS) is 13.7. The number of hydrogen-bond donors (Lipinski definition) is 2. The molecule has 142 valence electrons. The lowest BCUT2D eigenvalue weighted by Crippen LogP contribution is -2.22. The Balaban J connectivity index is 2.97. The molecule has 1 aromatic carbocycles. The minimum absolute atomic E-state index is 0.0100. The lowest BCUT2D eigenvalue weighted by Gasteiger charge is -2.18. The Bertz CT molecular complexity index is 705. The molecule has 25 heavy (non-hydrogen) atoms. The molecule has 0 saturated heterocycles. The Morgan fingerprint density at radius 1 is 1.36 bits per heavy atom. The van der Waals surface area contributed by atoms with Crippen molar-refractivity contribution in [3.05, 3.63) is 29.0 Å². The zero-order chi connectivity index (χ0) is 19.1. The predicted molar refractivity (Wildman–Crippen MR) is 97.1 cm³/mol. The maximum Gasteiger partial charge on any atom is 0.442 e. The highest BCUT2D eigenvalue weighted by atomic mass is 32.2. The van der Waals surface area contributed by atoms with Crippen LogP contribution in [0.2, 0.25) is 0 Å². The van der Waals surface area contributed by atoms with Gasteiger partial charge in [0.2, 0.25) is 0 Å². The lowest BCUT2D eigenvalue weighted by atomic mass is 10.2. The van der Waals surface area contributed by atoms with Crippen molar-refractivity contribution < 1.29 is 23.6 Å². The molecule has 0 radical (unpaired) electrons. The zero-order valence-electron chi connectivity index (χ0n) is 14.9. The number of hydrogen-bond acceptors (Lipinski definition) is 7. The van der Waals surface area contributed by atoms with Crippen LogP contribution in [0.1, 0.15) is 32.8 Å². The summed E-state index contributed by atoms with van der Waals surface area (Å²) in [5, 5.41) is 19.7. The van der Waals surface area contributed by atoms with Crippen molar-refractivity contribution in [3.63, 3.8) is 0 Å². The van der Waals surface area contributed by atoms with Gasteiger partial charge < -0.3 is 25.3 Å². The molecule has 0 heterocycles. The van der Waals surface area contributed by atoms with E-state index in [1.165, 1.54) is 18.4 Å². The molecule has 0 aliphatic heterocycles. The second-order valence-corrected chi connectivity index (χ2v) is 8.96. The third-order valence-corrected chi connectivity index (χ3v) is 4.16. The highest BCUT2D eigenvalue weighted by Gasteiger charge is 2.17. The van der Waals surface area contributed by atoms with Crippen molar-refractivity contribution in [3.8, 4) is 5.75 Å². The molecular weight excluding hydrogens is 348 g/mol. The number of amides is 1. The van der Waals surface area contributed by atoms with E-state index in [0.717, 1.165) is 0 Å². The summed E-state index contributed by atoms with van der Waals surface area (Å²) in [7, 11) is -2.90. The van der Waals surface area contributed by atoms with E-state index >= 15 is 0 Å². The first-order chi connectivity index (χ1) is 11.5. The molecule has 9 heteroatoms. The monoisotopic (exact) mass is 373 g/mol. The molecule has 0 spiro atoms. The van der Waals surface area contributed by atoms with Crippen molar-refractivity contribution >= 4 is 21.5 Å². The summed E-state index contributed by atoms with van der Waals surface area (Å²) in [5.41, 5.74) is 1.80. The summed E-state index contributed by atoms with van der Waals surface area (Å²) in [6, 6.07) is 4.63. The van der Waals surface area contributed by atoms with Crippen molar-refractivity contribution in [2.24, 2.45) is 4.36 Å². The average Bonchev–Trinajstić information content (AvgIpc) is 2.43. The quantitative estimate of drug-likeness (QED) is 0.557. The number of aliphatic hydroxyl groups excluding tert-OH is 1. The maximum absolute atomic E-state index is 12.6. The Morgan fingerprint density at radius 3 is 2.60 bits per heavy atom. The van der Waals surface area contributed by atoms with Gasteiger partial charge in [-0.1, -0.05) is 0 Å². The molecule has 0 saturated carbocycles. The van der Waals surface area contributed by atoms with Crippen LogP contribution in [0.25, 0.3) is 0 Å². The van der Waals surface area contributed by atoms with Gasteiger partial charge in [-0.25, -0.2) is 9.00 Å². The number of aliphatic hydroxyl groups is 1. The van der Waals surface area contributed by atoms with Crippen LogP contribution in [0.3, 0.4) is 0 Å². The van der Waals surface area contributed by atoms with Gasteiger partial charge in [0.15, 0.2) is 0 Å². The van der Waals surface area contributed by atoms with E-state index in [4.69, 9.17) is 14.6 Å². The van der Waals surface area contributed by atoms with Gasteiger partial charge in [0.1, 0.15) is 11.4 Å². The second-order valence-electron chi connectivity index (χ2n) is 6.57.